The van der Waals surface area contributed by atoms with Gasteiger partial charge in [-0.05, 0) is 33.8 Å². The highest BCUT2D eigenvalue weighted by atomic mass is 16.5. The third-order valence-electron chi connectivity index (χ3n) is 4.06. The lowest BCUT2D eigenvalue weighted by atomic mass is 10.2. The van der Waals surface area contributed by atoms with Crippen molar-refractivity contribution in [3.05, 3.63) is 23.0 Å². The number of carbonyl (C=O) groups excluding carboxylic acids is 2. The van der Waals surface area contributed by atoms with Crippen LogP contribution in [-0.2, 0) is 26.1 Å². The zero-order valence-electron chi connectivity index (χ0n) is 14.9. The van der Waals surface area contributed by atoms with Gasteiger partial charge in [-0.25, -0.2) is 4.79 Å². The molecule has 1 saturated heterocycles. The summed E-state index contributed by atoms with van der Waals surface area (Å²) in [5.74, 6) is -0.743. The number of aromatic nitrogens is 2. The van der Waals surface area contributed by atoms with Gasteiger partial charge in [-0.3, -0.25) is 9.48 Å². The van der Waals surface area contributed by atoms with E-state index in [-0.39, 0.29) is 24.7 Å². The molecule has 0 radical (unpaired) electrons. The molecule has 0 bridgehead atoms. The van der Waals surface area contributed by atoms with Crippen LogP contribution in [0.5, 0.6) is 0 Å². The average Bonchev–Trinajstić information content (AvgIpc) is 2.74. The van der Waals surface area contributed by atoms with Gasteiger partial charge in [0.2, 0.25) is 0 Å². The summed E-state index contributed by atoms with van der Waals surface area (Å²) in [5, 5.41) is 4.28. The van der Waals surface area contributed by atoms with Crippen LogP contribution in [0.1, 0.15) is 30.8 Å². The molecule has 1 aliphatic heterocycles. The van der Waals surface area contributed by atoms with Crippen LogP contribution >= 0.6 is 0 Å². The first-order valence-electron chi connectivity index (χ1n) is 8.06. The monoisotopic (exact) mass is 335 g/mol. The van der Waals surface area contributed by atoms with Crippen LogP contribution in [0.3, 0.4) is 0 Å². The topological polar surface area (TPSA) is 73.7 Å². The number of esters is 1. The molecular weight excluding hydrogens is 310 g/mol. The van der Waals surface area contributed by atoms with E-state index < -0.39 is 5.97 Å². The normalized spacial score (nSPS) is 21.3. The second kappa shape index (κ2) is 7.61. The van der Waals surface area contributed by atoms with Crippen molar-refractivity contribution in [1.29, 1.82) is 0 Å². The van der Waals surface area contributed by atoms with Gasteiger partial charge in [-0.1, -0.05) is 0 Å². The molecule has 2 heterocycles. The first-order valence-corrected chi connectivity index (χ1v) is 8.06. The van der Waals surface area contributed by atoms with Gasteiger partial charge in [-0.2, -0.15) is 5.10 Å². The molecule has 0 spiro atoms. The van der Waals surface area contributed by atoms with Crippen molar-refractivity contribution in [2.24, 2.45) is 7.05 Å². The molecule has 1 amide bonds. The second-order valence-electron chi connectivity index (χ2n) is 6.21. The smallest absolute Gasteiger partial charge is 0.331 e. The van der Waals surface area contributed by atoms with Crippen LogP contribution in [0.2, 0.25) is 0 Å². The Hall–Kier alpha value is -2.15. The summed E-state index contributed by atoms with van der Waals surface area (Å²) in [6.45, 7) is 8.42. The number of amides is 1. The predicted octanol–water partition coefficient (Wildman–Crippen LogP) is 1.23. The molecular formula is C17H25N3O4. The van der Waals surface area contributed by atoms with E-state index in [1.807, 2.05) is 34.7 Å². The number of hydrogen-bond acceptors (Lipinski definition) is 5. The van der Waals surface area contributed by atoms with Crippen molar-refractivity contribution in [3.63, 3.8) is 0 Å². The summed E-state index contributed by atoms with van der Waals surface area (Å²) >= 11 is 0. The summed E-state index contributed by atoms with van der Waals surface area (Å²) in [4.78, 5) is 25.6. The minimum Gasteiger partial charge on any atom is -0.452 e. The number of morpholine rings is 1. The van der Waals surface area contributed by atoms with Crippen LogP contribution in [0.15, 0.2) is 6.08 Å². The Morgan fingerprint density at radius 3 is 2.46 bits per heavy atom. The summed E-state index contributed by atoms with van der Waals surface area (Å²) in [5.41, 5.74) is 2.69. The number of ether oxygens (including phenoxy) is 2. The Labute approximate surface area is 142 Å². The maximum absolute atomic E-state index is 12.1. The van der Waals surface area contributed by atoms with E-state index in [0.717, 1.165) is 17.0 Å². The van der Waals surface area contributed by atoms with E-state index in [2.05, 4.69) is 5.10 Å². The van der Waals surface area contributed by atoms with E-state index in [4.69, 9.17) is 9.47 Å². The Balaban J connectivity index is 1.86. The third kappa shape index (κ3) is 4.44. The van der Waals surface area contributed by atoms with Crippen LogP contribution in [0.25, 0.3) is 6.08 Å². The van der Waals surface area contributed by atoms with Crippen LogP contribution in [0, 0.1) is 13.8 Å². The summed E-state index contributed by atoms with van der Waals surface area (Å²) in [6, 6.07) is 0. The van der Waals surface area contributed by atoms with Gasteiger partial charge in [0, 0.05) is 37.5 Å². The Morgan fingerprint density at radius 1 is 1.29 bits per heavy atom. The fraction of sp³-hybridized carbons (Fsp3) is 0.588. The Bertz CT molecular complexity index is 641. The van der Waals surface area contributed by atoms with Crippen LogP contribution in [0.4, 0.5) is 0 Å². The SMILES string of the molecule is Cc1nn(C)c(C)c1/C=C/C(=O)OCC(=O)N1C[C@@H](C)O[C@@H](C)C1. The molecule has 0 aliphatic carbocycles. The van der Waals surface area contributed by atoms with Crippen molar-refractivity contribution >= 4 is 18.0 Å². The number of nitrogens with zero attached hydrogens (tertiary/aromatic N) is 3. The fourth-order valence-electron chi connectivity index (χ4n) is 2.84. The molecule has 7 heteroatoms. The Kier molecular flexibility index (Phi) is 5.77. The van der Waals surface area contributed by atoms with E-state index in [9.17, 15) is 9.59 Å². The number of rotatable bonds is 4. The number of aryl methyl sites for hydroxylation is 2. The van der Waals surface area contributed by atoms with E-state index in [1.54, 1.807) is 15.7 Å². The standard InChI is InChI=1S/C17H25N3O4/c1-11-8-20(9-12(2)24-11)16(21)10-23-17(22)7-6-15-13(3)18-19(5)14(15)4/h6-7,11-12H,8-10H2,1-5H3/b7-6+/t11-,12+. The van der Waals surface area contributed by atoms with Crippen LogP contribution < -0.4 is 0 Å². The highest BCUT2D eigenvalue weighted by molar-refractivity contribution is 5.89. The van der Waals surface area contributed by atoms with Crippen molar-refractivity contribution < 1.29 is 19.1 Å². The molecule has 2 rings (SSSR count). The van der Waals surface area contributed by atoms with Gasteiger partial charge in [0.25, 0.3) is 5.91 Å². The van der Waals surface area contributed by atoms with Crippen molar-refractivity contribution in [3.8, 4) is 0 Å². The first-order chi connectivity index (χ1) is 11.3. The zero-order valence-corrected chi connectivity index (χ0v) is 14.9. The highest BCUT2D eigenvalue weighted by Crippen LogP contribution is 2.14. The van der Waals surface area contributed by atoms with Gasteiger partial charge in [0.05, 0.1) is 17.9 Å². The molecule has 0 saturated carbocycles. The molecule has 7 nitrogen and oxygen atoms in total. The molecule has 2 atom stereocenters. The Morgan fingerprint density at radius 2 is 1.92 bits per heavy atom. The fourth-order valence-corrected chi connectivity index (χ4v) is 2.84. The molecule has 1 aromatic heterocycles. The number of carbonyl (C=O) groups is 2. The van der Waals surface area contributed by atoms with E-state index in [1.165, 1.54) is 6.08 Å². The van der Waals surface area contributed by atoms with Gasteiger partial charge in [0.15, 0.2) is 6.61 Å². The molecule has 24 heavy (non-hydrogen) atoms. The maximum Gasteiger partial charge on any atom is 0.331 e. The van der Waals surface area contributed by atoms with Gasteiger partial charge in [-0.15, -0.1) is 0 Å². The molecule has 0 aromatic carbocycles. The summed E-state index contributed by atoms with van der Waals surface area (Å²) in [7, 11) is 1.85. The summed E-state index contributed by atoms with van der Waals surface area (Å²) in [6.07, 6.45) is 2.98. The maximum atomic E-state index is 12.1. The third-order valence-corrected chi connectivity index (χ3v) is 4.06. The van der Waals surface area contributed by atoms with E-state index >= 15 is 0 Å². The lowest BCUT2D eigenvalue weighted by Crippen LogP contribution is -2.49. The number of hydrogen-bond donors (Lipinski definition) is 0. The second-order valence-corrected chi connectivity index (χ2v) is 6.21. The lowest BCUT2D eigenvalue weighted by Gasteiger charge is -2.35. The molecule has 1 aliphatic rings. The van der Waals surface area contributed by atoms with Crippen molar-refractivity contribution in [1.82, 2.24) is 14.7 Å². The molecule has 1 aromatic rings. The van der Waals surface area contributed by atoms with Gasteiger partial charge < -0.3 is 14.4 Å². The minimum absolute atomic E-state index is 0.00942. The molecule has 132 valence electrons. The minimum atomic E-state index is -0.541. The molecule has 1 fully saturated rings. The largest absolute Gasteiger partial charge is 0.452 e. The van der Waals surface area contributed by atoms with Gasteiger partial charge >= 0.3 is 5.97 Å². The predicted molar refractivity (Wildman–Crippen MR) is 89.3 cm³/mol. The summed E-state index contributed by atoms with van der Waals surface area (Å²) < 4.78 is 12.4. The molecule has 0 N–H and O–H groups in total. The van der Waals surface area contributed by atoms with Gasteiger partial charge in [0.1, 0.15) is 0 Å². The van der Waals surface area contributed by atoms with E-state index in [0.29, 0.717) is 13.1 Å². The molecule has 0 unspecified atom stereocenters. The first kappa shape index (κ1) is 18.2. The van der Waals surface area contributed by atoms with Crippen molar-refractivity contribution in [2.45, 2.75) is 39.9 Å². The van der Waals surface area contributed by atoms with Crippen molar-refractivity contribution in [2.75, 3.05) is 19.7 Å². The quantitative estimate of drug-likeness (QED) is 0.611. The average molecular weight is 335 g/mol. The zero-order chi connectivity index (χ0) is 17.9. The highest BCUT2D eigenvalue weighted by Gasteiger charge is 2.26. The van der Waals surface area contributed by atoms with Crippen LogP contribution in [-0.4, -0.2) is 58.5 Å². The lowest BCUT2D eigenvalue weighted by molar-refractivity contribution is -0.154.